The fourth-order valence-electron chi connectivity index (χ4n) is 3.07. The Kier molecular flexibility index (Phi) is 6.27. The van der Waals surface area contributed by atoms with Gasteiger partial charge in [-0.05, 0) is 49.3 Å². The van der Waals surface area contributed by atoms with Gasteiger partial charge in [0.05, 0.1) is 0 Å². The Bertz CT molecular complexity index is 434. The molecular formula is C18H31ClN2. The largest absolute Gasteiger partial charge is 0.328 e. The summed E-state index contributed by atoms with van der Waals surface area (Å²) in [6.07, 6.45) is 1.24. The molecule has 0 aromatic heterocycles. The first kappa shape index (κ1) is 18.5. The molecule has 1 fully saturated rings. The highest BCUT2D eigenvalue weighted by atomic mass is 35.5. The number of rotatable bonds is 3. The Hall–Kier alpha value is -0.570. The van der Waals surface area contributed by atoms with Crippen LogP contribution in [0.5, 0.6) is 0 Å². The fourth-order valence-corrected chi connectivity index (χ4v) is 3.07. The zero-order valence-electron chi connectivity index (χ0n) is 14.1. The minimum absolute atomic E-state index is 0. The van der Waals surface area contributed by atoms with Gasteiger partial charge in [0.15, 0.2) is 0 Å². The first-order chi connectivity index (χ1) is 9.29. The average Bonchev–Trinajstić information content (AvgIpc) is 2.86. The highest BCUT2D eigenvalue weighted by Crippen LogP contribution is 2.30. The van der Waals surface area contributed by atoms with E-state index in [2.05, 4.69) is 63.8 Å². The molecule has 1 aromatic rings. The number of nitrogens with zero attached hydrogens (tertiary/aromatic N) is 1. The van der Waals surface area contributed by atoms with Crippen molar-refractivity contribution >= 4 is 12.4 Å². The SMILES string of the molecule is CC(N)C1CCN(C(C)c2ccc(C(C)(C)C)cc2)C1.Cl. The van der Waals surface area contributed by atoms with Gasteiger partial charge in [-0.3, -0.25) is 4.90 Å². The number of halogens is 1. The van der Waals surface area contributed by atoms with Crippen molar-refractivity contribution in [3.05, 3.63) is 35.4 Å². The smallest absolute Gasteiger partial charge is 0.0320 e. The molecule has 0 aliphatic carbocycles. The van der Waals surface area contributed by atoms with Crippen LogP contribution in [0.2, 0.25) is 0 Å². The lowest BCUT2D eigenvalue weighted by molar-refractivity contribution is 0.248. The first-order valence-corrected chi connectivity index (χ1v) is 7.89. The molecular weight excluding hydrogens is 280 g/mol. The number of hydrogen-bond donors (Lipinski definition) is 1. The summed E-state index contributed by atoms with van der Waals surface area (Å²) in [5.74, 6) is 0.659. The highest BCUT2D eigenvalue weighted by Gasteiger charge is 2.28. The minimum atomic E-state index is 0. The van der Waals surface area contributed by atoms with Crippen LogP contribution in [0.25, 0.3) is 0 Å². The summed E-state index contributed by atoms with van der Waals surface area (Å²) in [4.78, 5) is 2.57. The van der Waals surface area contributed by atoms with Gasteiger partial charge in [-0.2, -0.15) is 0 Å². The molecule has 3 unspecified atom stereocenters. The Morgan fingerprint density at radius 3 is 2.14 bits per heavy atom. The second-order valence-corrected chi connectivity index (χ2v) is 7.45. The van der Waals surface area contributed by atoms with Gasteiger partial charge in [-0.15, -0.1) is 12.4 Å². The van der Waals surface area contributed by atoms with Crippen molar-refractivity contribution in [1.29, 1.82) is 0 Å². The topological polar surface area (TPSA) is 29.3 Å². The van der Waals surface area contributed by atoms with Crippen LogP contribution < -0.4 is 5.73 Å². The van der Waals surface area contributed by atoms with Gasteiger partial charge in [-0.1, -0.05) is 45.0 Å². The van der Waals surface area contributed by atoms with Crippen molar-refractivity contribution < 1.29 is 0 Å². The summed E-state index contributed by atoms with van der Waals surface area (Å²) in [5, 5.41) is 0. The molecule has 1 aliphatic heterocycles. The predicted molar refractivity (Wildman–Crippen MR) is 94.1 cm³/mol. The molecule has 0 amide bonds. The number of likely N-dealkylation sites (tertiary alicyclic amines) is 1. The van der Waals surface area contributed by atoms with E-state index in [-0.39, 0.29) is 17.8 Å². The molecule has 2 N–H and O–H groups in total. The van der Waals surface area contributed by atoms with Crippen molar-refractivity contribution in [2.24, 2.45) is 11.7 Å². The molecule has 1 saturated heterocycles. The highest BCUT2D eigenvalue weighted by molar-refractivity contribution is 5.85. The lowest BCUT2D eigenvalue weighted by atomic mass is 9.86. The summed E-state index contributed by atoms with van der Waals surface area (Å²) in [5.41, 5.74) is 9.10. The third kappa shape index (κ3) is 4.45. The van der Waals surface area contributed by atoms with Crippen molar-refractivity contribution in [2.45, 2.75) is 58.5 Å². The van der Waals surface area contributed by atoms with Crippen LogP contribution in [0.1, 0.15) is 58.2 Å². The molecule has 1 heterocycles. The summed E-state index contributed by atoms with van der Waals surface area (Å²) >= 11 is 0. The summed E-state index contributed by atoms with van der Waals surface area (Å²) in [6, 6.07) is 9.97. The van der Waals surface area contributed by atoms with E-state index in [1.54, 1.807) is 0 Å². The number of hydrogen-bond acceptors (Lipinski definition) is 2. The van der Waals surface area contributed by atoms with Crippen LogP contribution in [-0.4, -0.2) is 24.0 Å². The monoisotopic (exact) mass is 310 g/mol. The zero-order valence-corrected chi connectivity index (χ0v) is 14.9. The second-order valence-electron chi connectivity index (χ2n) is 7.45. The number of benzene rings is 1. The van der Waals surface area contributed by atoms with Gasteiger partial charge in [0.2, 0.25) is 0 Å². The molecule has 21 heavy (non-hydrogen) atoms. The van der Waals surface area contributed by atoms with Crippen molar-refractivity contribution in [1.82, 2.24) is 4.90 Å². The van der Waals surface area contributed by atoms with E-state index >= 15 is 0 Å². The summed E-state index contributed by atoms with van der Waals surface area (Å²) < 4.78 is 0. The van der Waals surface area contributed by atoms with Crippen LogP contribution in [-0.2, 0) is 5.41 Å². The minimum Gasteiger partial charge on any atom is -0.328 e. The van der Waals surface area contributed by atoms with E-state index in [1.165, 1.54) is 24.1 Å². The molecule has 3 atom stereocenters. The van der Waals surface area contributed by atoms with E-state index < -0.39 is 0 Å². The van der Waals surface area contributed by atoms with Gasteiger partial charge in [0.25, 0.3) is 0 Å². The Morgan fingerprint density at radius 2 is 1.71 bits per heavy atom. The molecule has 0 saturated carbocycles. The van der Waals surface area contributed by atoms with Crippen LogP contribution in [0.15, 0.2) is 24.3 Å². The molecule has 0 spiro atoms. The lowest BCUT2D eigenvalue weighted by Crippen LogP contribution is -2.31. The number of nitrogens with two attached hydrogens (primary N) is 1. The molecule has 2 rings (SSSR count). The van der Waals surface area contributed by atoms with Gasteiger partial charge < -0.3 is 5.73 Å². The first-order valence-electron chi connectivity index (χ1n) is 7.89. The zero-order chi connectivity index (χ0) is 14.9. The van der Waals surface area contributed by atoms with Gasteiger partial charge in [0, 0.05) is 18.6 Å². The van der Waals surface area contributed by atoms with E-state index in [4.69, 9.17) is 5.73 Å². The lowest BCUT2D eigenvalue weighted by Gasteiger charge is -2.26. The van der Waals surface area contributed by atoms with E-state index in [9.17, 15) is 0 Å². The third-order valence-corrected chi connectivity index (χ3v) is 4.81. The fraction of sp³-hybridized carbons (Fsp3) is 0.667. The quantitative estimate of drug-likeness (QED) is 0.909. The molecule has 0 bridgehead atoms. The van der Waals surface area contributed by atoms with Crippen molar-refractivity contribution in [2.75, 3.05) is 13.1 Å². The van der Waals surface area contributed by atoms with E-state index in [0.29, 0.717) is 18.0 Å². The molecule has 3 heteroatoms. The normalized spacial score (nSPS) is 22.7. The Balaban J connectivity index is 0.00000220. The van der Waals surface area contributed by atoms with Gasteiger partial charge >= 0.3 is 0 Å². The average molecular weight is 311 g/mol. The Morgan fingerprint density at radius 1 is 1.14 bits per heavy atom. The van der Waals surface area contributed by atoms with Crippen molar-refractivity contribution in [3.63, 3.8) is 0 Å². The van der Waals surface area contributed by atoms with Gasteiger partial charge in [-0.25, -0.2) is 0 Å². The van der Waals surface area contributed by atoms with Crippen LogP contribution in [0.3, 0.4) is 0 Å². The second kappa shape index (κ2) is 7.13. The molecule has 2 nitrogen and oxygen atoms in total. The predicted octanol–water partition coefficient (Wildman–Crippen LogP) is 4.14. The maximum atomic E-state index is 6.04. The van der Waals surface area contributed by atoms with Crippen LogP contribution in [0.4, 0.5) is 0 Å². The summed E-state index contributed by atoms with van der Waals surface area (Å²) in [6.45, 7) is 13.6. The van der Waals surface area contributed by atoms with Crippen molar-refractivity contribution in [3.8, 4) is 0 Å². The van der Waals surface area contributed by atoms with Crippen LogP contribution in [0, 0.1) is 5.92 Å². The summed E-state index contributed by atoms with van der Waals surface area (Å²) in [7, 11) is 0. The standard InChI is InChI=1S/C18H30N2.ClH/c1-13(19)16-10-11-20(12-16)14(2)15-6-8-17(9-7-15)18(3,4)5;/h6-9,13-14,16H,10-12,19H2,1-5H3;1H. The van der Waals surface area contributed by atoms with Gasteiger partial charge in [0.1, 0.15) is 0 Å². The maximum Gasteiger partial charge on any atom is 0.0320 e. The maximum absolute atomic E-state index is 6.04. The van der Waals surface area contributed by atoms with E-state index in [0.717, 1.165) is 6.54 Å². The molecule has 0 radical (unpaired) electrons. The third-order valence-electron chi connectivity index (χ3n) is 4.81. The molecule has 120 valence electrons. The Labute approximate surface area is 136 Å². The van der Waals surface area contributed by atoms with E-state index in [1.807, 2.05) is 0 Å². The molecule has 1 aliphatic rings. The van der Waals surface area contributed by atoms with Crippen LogP contribution >= 0.6 is 12.4 Å². The molecule has 1 aromatic carbocycles.